The number of carbonyl (C=O) groups excluding carboxylic acids is 2. The van der Waals surface area contributed by atoms with E-state index in [0.717, 1.165) is 29.8 Å². The van der Waals surface area contributed by atoms with Crippen LogP contribution in [0.4, 0.5) is 4.79 Å². The number of ether oxygens (including phenoxy) is 2. The maximum atomic E-state index is 13.1. The van der Waals surface area contributed by atoms with Gasteiger partial charge >= 0.3 is 6.03 Å². The van der Waals surface area contributed by atoms with Crippen LogP contribution < -0.4 is 5.32 Å². The highest BCUT2D eigenvalue weighted by atomic mass is 16.5. The molecule has 2 aliphatic heterocycles. The minimum atomic E-state index is -0.575. The van der Waals surface area contributed by atoms with Crippen LogP contribution in [0.1, 0.15) is 43.6 Å². The molecule has 0 aromatic carbocycles. The molecule has 3 amide bonds. The van der Waals surface area contributed by atoms with Crippen molar-refractivity contribution in [1.82, 2.24) is 20.1 Å². The second-order valence-electron chi connectivity index (χ2n) is 7.76. The third kappa shape index (κ3) is 4.88. The van der Waals surface area contributed by atoms with Gasteiger partial charge in [-0.2, -0.15) is 0 Å². The van der Waals surface area contributed by atoms with Gasteiger partial charge in [-0.1, -0.05) is 13.8 Å². The Hall–Kier alpha value is -2.52. The van der Waals surface area contributed by atoms with Gasteiger partial charge in [0.1, 0.15) is 11.9 Å². The Kier molecular flexibility index (Phi) is 7.97. The molecule has 2 aliphatic rings. The molecule has 1 N–H and O–H groups in total. The third-order valence-corrected chi connectivity index (χ3v) is 5.48. The average molecular weight is 432 g/mol. The number of nitrogens with zero attached hydrogens (tertiary/aromatic N) is 4. The molecule has 9 heteroatoms. The van der Waals surface area contributed by atoms with Gasteiger partial charge in [-0.25, -0.2) is 9.79 Å². The van der Waals surface area contributed by atoms with Crippen molar-refractivity contribution in [3.63, 3.8) is 0 Å². The average Bonchev–Trinajstić information content (AvgIpc) is 3.22. The molecule has 0 aliphatic carbocycles. The first-order valence-electron chi connectivity index (χ1n) is 11.0. The molecular weight excluding hydrogens is 398 g/mol. The first-order chi connectivity index (χ1) is 15.0. The van der Waals surface area contributed by atoms with Crippen molar-refractivity contribution in [2.75, 3.05) is 40.5 Å². The van der Waals surface area contributed by atoms with Crippen LogP contribution in [-0.4, -0.2) is 85.3 Å². The zero-order chi connectivity index (χ0) is 22.4. The Bertz CT molecular complexity index is 828. The van der Waals surface area contributed by atoms with Gasteiger partial charge in [-0.05, 0) is 25.0 Å². The Morgan fingerprint density at radius 3 is 2.42 bits per heavy atom. The summed E-state index contributed by atoms with van der Waals surface area (Å²) in [6.45, 7) is 6.05. The Morgan fingerprint density at radius 2 is 1.74 bits per heavy atom. The zero-order valence-corrected chi connectivity index (χ0v) is 18.9. The van der Waals surface area contributed by atoms with Crippen molar-refractivity contribution in [3.05, 3.63) is 29.1 Å². The monoisotopic (exact) mass is 431 g/mol. The predicted molar refractivity (Wildman–Crippen MR) is 117 cm³/mol. The molecule has 3 rings (SSSR count). The van der Waals surface area contributed by atoms with Crippen molar-refractivity contribution >= 4 is 17.8 Å². The summed E-state index contributed by atoms with van der Waals surface area (Å²) < 4.78 is 10.4. The summed E-state index contributed by atoms with van der Waals surface area (Å²) >= 11 is 0. The summed E-state index contributed by atoms with van der Waals surface area (Å²) in [4.78, 5) is 38.6. The molecule has 2 atom stereocenters. The highest BCUT2D eigenvalue weighted by molar-refractivity contribution is 6.08. The molecule has 1 fully saturated rings. The Labute approximate surface area is 183 Å². The van der Waals surface area contributed by atoms with E-state index in [0.29, 0.717) is 45.0 Å². The number of amidine groups is 1. The van der Waals surface area contributed by atoms with Gasteiger partial charge in [0, 0.05) is 51.4 Å². The molecule has 0 saturated carbocycles. The van der Waals surface area contributed by atoms with Crippen molar-refractivity contribution in [1.29, 1.82) is 0 Å². The third-order valence-electron chi connectivity index (χ3n) is 5.48. The number of nitrogens with one attached hydrogen (secondary N) is 1. The Morgan fingerprint density at radius 1 is 1.03 bits per heavy atom. The van der Waals surface area contributed by atoms with Crippen LogP contribution >= 0.6 is 0 Å². The molecule has 0 bridgehead atoms. The van der Waals surface area contributed by atoms with E-state index in [1.54, 1.807) is 19.1 Å². The number of amides is 3. The summed E-state index contributed by atoms with van der Waals surface area (Å²) in [5.41, 5.74) is 2.62. The smallest absolute Gasteiger partial charge is 0.328 e. The molecule has 1 aromatic heterocycles. The number of aromatic nitrogens is 1. The molecule has 9 nitrogen and oxygen atoms in total. The Balaban J connectivity index is 1.93. The molecule has 1 aromatic rings. The van der Waals surface area contributed by atoms with Crippen molar-refractivity contribution in [3.8, 4) is 0 Å². The van der Waals surface area contributed by atoms with E-state index in [-0.39, 0.29) is 11.9 Å². The zero-order valence-electron chi connectivity index (χ0n) is 18.9. The van der Waals surface area contributed by atoms with E-state index in [9.17, 15) is 9.59 Å². The van der Waals surface area contributed by atoms with E-state index in [4.69, 9.17) is 19.5 Å². The summed E-state index contributed by atoms with van der Waals surface area (Å²) in [5, 5.41) is 3.30. The van der Waals surface area contributed by atoms with E-state index in [1.807, 2.05) is 26.0 Å². The van der Waals surface area contributed by atoms with Crippen LogP contribution in [0.25, 0.3) is 0 Å². The number of imide groups is 1. The fraction of sp³-hybridized carbons (Fsp3) is 0.636. The molecule has 2 unspecified atom stereocenters. The second-order valence-corrected chi connectivity index (χ2v) is 7.76. The lowest BCUT2D eigenvalue weighted by Gasteiger charge is -2.40. The number of urea groups is 1. The summed E-state index contributed by atoms with van der Waals surface area (Å²) in [6.07, 6.45) is 2.31. The number of fused-ring (bicyclic) bond motifs is 1. The molecule has 31 heavy (non-hydrogen) atoms. The van der Waals surface area contributed by atoms with Gasteiger partial charge in [-0.15, -0.1) is 0 Å². The first-order valence-corrected chi connectivity index (χ1v) is 11.0. The standard InChI is InChI=1S/C22H33N5O4/c1-5-11-26-20-18(21(28)27(12-6-2)22(26)29)24-19(25-20)16-8-7-15(9-13-30-3)23-17(16)10-14-31-4/h7-8,18,20H,5-6,9-14H2,1-4H3,(H,24,25). The number of hydrogen-bond donors (Lipinski definition) is 1. The predicted octanol–water partition coefficient (Wildman–Crippen LogP) is 1.59. The maximum Gasteiger partial charge on any atom is 0.328 e. The van der Waals surface area contributed by atoms with E-state index < -0.39 is 12.2 Å². The number of aliphatic imine (C=N–C) groups is 1. The fourth-order valence-electron chi connectivity index (χ4n) is 3.98. The lowest BCUT2D eigenvalue weighted by molar-refractivity contribution is -0.134. The van der Waals surface area contributed by atoms with Gasteiger partial charge in [0.25, 0.3) is 5.91 Å². The van der Waals surface area contributed by atoms with Gasteiger partial charge in [0.2, 0.25) is 0 Å². The number of rotatable bonds is 11. The largest absolute Gasteiger partial charge is 0.384 e. The minimum absolute atomic E-state index is 0.217. The van der Waals surface area contributed by atoms with Crippen LogP contribution in [0.2, 0.25) is 0 Å². The van der Waals surface area contributed by atoms with Crippen LogP contribution in [0, 0.1) is 0 Å². The van der Waals surface area contributed by atoms with E-state index in [1.165, 1.54) is 4.90 Å². The van der Waals surface area contributed by atoms with E-state index >= 15 is 0 Å². The number of carbonyl (C=O) groups is 2. The minimum Gasteiger partial charge on any atom is -0.384 e. The number of pyridine rings is 1. The number of hydrogen-bond acceptors (Lipinski definition) is 7. The topological polar surface area (TPSA) is 96.4 Å². The van der Waals surface area contributed by atoms with Crippen LogP contribution in [0.15, 0.2) is 17.1 Å². The van der Waals surface area contributed by atoms with Gasteiger partial charge in [0.15, 0.2) is 6.17 Å². The van der Waals surface area contributed by atoms with Crippen LogP contribution in [0.5, 0.6) is 0 Å². The van der Waals surface area contributed by atoms with Gasteiger partial charge in [0.05, 0.1) is 18.9 Å². The van der Waals surface area contributed by atoms with Crippen molar-refractivity contribution in [2.45, 2.75) is 51.7 Å². The lowest BCUT2D eigenvalue weighted by atomic mass is 10.1. The molecule has 1 saturated heterocycles. The highest BCUT2D eigenvalue weighted by Gasteiger charge is 2.49. The fourth-order valence-corrected chi connectivity index (χ4v) is 3.98. The summed E-state index contributed by atoms with van der Waals surface area (Å²) in [7, 11) is 3.32. The number of methoxy groups -OCH3 is 2. The summed E-state index contributed by atoms with van der Waals surface area (Å²) in [6, 6.07) is 3.10. The quantitative estimate of drug-likeness (QED) is 0.572. The molecule has 0 spiro atoms. The van der Waals surface area contributed by atoms with Crippen LogP contribution in [0.3, 0.4) is 0 Å². The first kappa shape index (κ1) is 23.1. The second kappa shape index (κ2) is 10.7. The SMILES string of the molecule is CCCN1C(=O)C2NC(c3ccc(CCOC)nc3CCOC)=NC2N(CCC)C1=O. The highest BCUT2D eigenvalue weighted by Crippen LogP contribution is 2.26. The van der Waals surface area contributed by atoms with E-state index in [2.05, 4.69) is 5.32 Å². The molecule has 170 valence electrons. The van der Waals surface area contributed by atoms with Crippen molar-refractivity contribution in [2.24, 2.45) is 4.99 Å². The molecular formula is C22H33N5O4. The normalized spacial score (nSPS) is 20.7. The van der Waals surface area contributed by atoms with Gasteiger partial charge in [-0.3, -0.25) is 19.6 Å². The maximum absolute atomic E-state index is 13.1. The molecule has 0 radical (unpaired) electrons. The lowest BCUT2D eigenvalue weighted by Crippen LogP contribution is -2.65. The van der Waals surface area contributed by atoms with Crippen LogP contribution in [-0.2, 0) is 27.1 Å². The van der Waals surface area contributed by atoms with Gasteiger partial charge < -0.3 is 14.8 Å². The van der Waals surface area contributed by atoms with Crippen molar-refractivity contribution < 1.29 is 19.1 Å². The molecule has 3 heterocycles. The summed E-state index contributed by atoms with van der Waals surface area (Å²) in [5.74, 6) is 0.388.